The van der Waals surface area contributed by atoms with E-state index in [2.05, 4.69) is 22.9 Å². The van der Waals surface area contributed by atoms with Gasteiger partial charge in [-0.3, -0.25) is 4.79 Å². The summed E-state index contributed by atoms with van der Waals surface area (Å²) < 4.78 is 0. The van der Waals surface area contributed by atoms with Crippen molar-refractivity contribution in [1.29, 1.82) is 0 Å². The van der Waals surface area contributed by atoms with Gasteiger partial charge in [0.05, 0.1) is 11.1 Å². The first-order valence-corrected chi connectivity index (χ1v) is 6.39. The molecule has 4 heteroatoms. The highest BCUT2D eigenvalue weighted by Gasteiger charge is 2.26. The maximum atomic E-state index is 11.3. The Morgan fingerprint density at radius 3 is 2.92 bits per heavy atom. The Labute approximate surface area is 86.2 Å². The summed E-state index contributed by atoms with van der Waals surface area (Å²) >= 11 is 5.12. The summed E-state index contributed by atoms with van der Waals surface area (Å²) in [5.41, 5.74) is 0. The molecule has 1 unspecified atom stereocenters. The predicted molar refractivity (Wildman–Crippen MR) is 56.7 cm³/mol. The van der Waals surface area contributed by atoms with E-state index in [1.165, 1.54) is 0 Å². The smallest absolute Gasteiger partial charge is 0.233 e. The molecule has 12 heavy (non-hydrogen) atoms. The quantitative estimate of drug-likeness (QED) is 0.564. The minimum atomic E-state index is 0.307. The molecule has 0 saturated carbocycles. The Kier molecular flexibility index (Phi) is 4.43. The first-order chi connectivity index (χ1) is 5.75. The van der Waals surface area contributed by atoms with E-state index in [-0.39, 0.29) is 0 Å². The highest BCUT2D eigenvalue weighted by molar-refractivity contribution is 9.09. The molecule has 70 valence electrons. The lowest BCUT2D eigenvalue weighted by atomic mass is 10.3. The number of alkyl halides is 1. The number of hydrogen-bond acceptors (Lipinski definition) is 2. The molecule has 1 amide bonds. The van der Waals surface area contributed by atoms with Crippen LogP contribution in [-0.2, 0) is 4.79 Å². The molecule has 0 aromatic carbocycles. The van der Waals surface area contributed by atoms with Gasteiger partial charge in [-0.25, -0.2) is 0 Å². The van der Waals surface area contributed by atoms with Gasteiger partial charge in [0.1, 0.15) is 0 Å². The van der Waals surface area contributed by atoms with Crippen molar-refractivity contribution in [1.82, 2.24) is 4.90 Å². The number of halogens is 1. The molecule has 1 aliphatic heterocycles. The van der Waals surface area contributed by atoms with Crippen LogP contribution >= 0.6 is 27.7 Å². The van der Waals surface area contributed by atoms with E-state index >= 15 is 0 Å². The van der Waals surface area contributed by atoms with Gasteiger partial charge < -0.3 is 4.90 Å². The number of carbonyl (C=O) groups excluding carboxylic acids is 1. The topological polar surface area (TPSA) is 20.3 Å². The summed E-state index contributed by atoms with van der Waals surface area (Å²) in [7, 11) is 0. The molecule has 0 aromatic rings. The number of unbranched alkanes of at least 4 members (excludes halogenated alkanes) is 1. The summed E-state index contributed by atoms with van der Waals surface area (Å²) in [5, 5.41) is 1.43. The fourth-order valence-corrected chi connectivity index (χ4v) is 2.60. The Hall–Kier alpha value is 0.300. The van der Waals surface area contributed by atoms with Gasteiger partial charge in [-0.2, -0.15) is 0 Å². The van der Waals surface area contributed by atoms with Crippen molar-refractivity contribution in [2.24, 2.45) is 0 Å². The van der Waals surface area contributed by atoms with Gasteiger partial charge in [-0.15, -0.1) is 11.8 Å². The van der Waals surface area contributed by atoms with E-state index in [0.29, 0.717) is 17.0 Å². The van der Waals surface area contributed by atoms with Crippen molar-refractivity contribution in [3.05, 3.63) is 0 Å². The number of rotatable bonds is 4. The molecule has 1 aliphatic rings. The summed E-state index contributed by atoms with van der Waals surface area (Å²) in [4.78, 5) is 13.3. The largest absolute Gasteiger partial charge is 0.330 e. The van der Waals surface area contributed by atoms with Crippen LogP contribution in [0, 0.1) is 0 Å². The van der Waals surface area contributed by atoms with Crippen molar-refractivity contribution in [2.45, 2.75) is 25.1 Å². The Bertz CT molecular complexity index is 165. The molecule has 1 rings (SSSR count). The Morgan fingerprint density at radius 2 is 2.42 bits per heavy atom. The number of amides is 1. The van der Waals surface area contributed by atoms with E-state index in [0.717, 1.165) is 24.7 Å². The number of nitrogens with zero attached hydrogens (tertiary/aromatic N) is 1. The van der Waals surface area contributed by atoms with Crippen LogP contribution in [0.5, 0.6) is 0 Å². The van der Waals surface area contributed by atoms with Crippen LogP contribution in [0.1, 0.15) is 19.8 Å². The van der Waals surface area contributed by atoms with Gasteiger partial charge in [-0.1, -0.05) is 15.9 Å². The molecule has 0 N–H and O–H groups in total. The zero-order valence-electron chi connectivity index (χ0n) is 7.25. The monoisotopic (exact) mass is 251 g/mol. The Morgan fingerprint density at radius 1 is 1.67 bits per heavy atom. The van der Waals surface area contributed by atoms with E-state index in [1.54, 1.807) is 11.8 Å². The lowest BCUT2D eigenvalue weighted by Gasteiger charge is -2.19. The third-order valence-corrected chi connectivity index (χ3v) is 3.70. The molecule has 1 saturated heterocycles. The van der Waals surface area contributed by atoms with Gasteiger partial charge in [0.25, 0.3) is 0 Å². The molecule has 0 aliphatic carbocycles. The molecule has 0 aromatic heterocycles. The number of thioether (sulfide) groups is 1. The predicted octanol–water partition coefficient (Wildman–Crippen LogP) is 2.08. The summed E-state index contributed by atoms with van der Waals surface area (Å²) in [5.74, 6) is 0.984. The SMILES string of the molecule is CC1SCC(=O)N1CCCCBr. The van der Waals surface area contributed by atoms with Crippen molar-refractivity contribution < 1.29 is 4.79 Å². The molecule has 1 fully saturated rings. The average Bonchev–Trinajstić information content (AvgIpc) is 2.35. The lowest BCUT2D eigenvalue weighted by Crippen LogP contribution is -2.31. The highest BCUT2D eigenvalue weighted by Crippen LogP contribution is 2.24. The summed E-state index contributed by atoms with van der Waals surface area (Å²) in [6.45, 7) is 3.03. The van der Waals surface area contributed by atoms with Crippen LogP contribution < -0.4 is 0 Å². The number of hydrogen-bond donors (Lipinski definition) is 0. The average molecular weight is 252 g/mol. The van der Waals surface area contributed by atoms with E-state index in [9.17, 15) is 4.79 Å². The maximum absolute atomic E-state index is 11.3. The highest BCUT2D eigenvalue weighted by atomic mass is 79.9. The van der Waals surface area contributed by atoms with E-state index < -0.39 is 0 Å². The van der Waals surface area contributed by atoms with Crippen LogP contribution in [0.25, 0.3) is 0 Å². The molecule has 1 heterocycles. The van der Waals surface area contributed by atoms with Crippen LogP contribution in [-0.4, -0.2) is 33.8 Å². The van der Waals surface area contributed by atoms with Crippen LogP contribution in [0.3, 0.4) is 0 Å². The van der Waals surface area contributed by atoms with Gasteiger partial charge in [0.2, 0.25) is 5.91 Å². The second kappa shape index (κ2) is 5.12. The van der Waals surface area contributed by atoms with Crippen LogP contribution in [0.15, 0.2) is 0 Å². The summed E-state index contributed by atoms with van der Waals surface area (Å²) in [6.07, 6.45) is 2.27. The standard InChI is InChI=1S/C8H14BrNOS/c1-7-10(5-3-2-4-9)8(11)6-12-7/h7H,2-6H2,1H3. The Balaban J connectivity index is 2.25. The summed E-state index contributed by atoms with van der Waals surface area (Å²) in [6, 6.07) is 0. The minimum Gasteiger partial charge on any atom is -0.330 e. The van der Waals surface area contributed by atoms with Crippen molar-refractivity contribution in [2.75, 3.05) is 17.6 Å². The van der Waals surface area contributed by atoms with Gasteiger partial charge >= 0.3 is 0 Å². The van der Waals surface area contributed by atoms with Crippen LogP contribution in [0.4, 0.5) is 0 Å². The second-order valence-corrected chi connectivity index (χ2v) is 4.99. The zero-order chi connectivity index (χ0) is 8.97. The third kappa shape index (κ3) is 2.66. The number of carbonyl (C=O) groups is 1. The second-order valence-electron chi connectivity index (χ2n) is 2.89. The van der Waals surface area contributed by atoms with Crippen molar-refractivity contribution >= 4 is 33.6 Å². The third-order valence-electron chi connectivity index (χ3n) is 1.99. The molecular weight excluding hydrogens is 238 g/mol. The molecule has 2 nitrogen and oxygen atoms in total. The van der Waals surface area contributed by atoms with Gasteiger partial charge in [-0.05, 0) is 19.8 Å². The zero-order valence-corrected chi connectivity index (χ0v) is 9.66. The molecule has 0 bridgehead atoms. The van der Waals surface area contributed by atoms with Crippen molar-refractivity contribution in [3.63, 3.8) is 0 Å². The fourth-order valence-electron chi connectivity index (χ4n) is 1.25. The maximum Gasteiger partial charge on any atom is 0.233 e. The minimum absolute atomic E-state index is 0.307. The fraction of sp³-hybridized carbons (Fsp3) is 0.875. The molecular formula is C8H14BrNOS. The van der Waals surface area contributed by atoms with E-state index in [1.807, 2.05) is 4.90 Å². The van der Waals surface area contributed by atoms with Crippen molar-refractivity contribution in [3.8, 4) is 0 Å². The normalized spacial score (nSPS) is 23.7. The van der Waals surface area contributed by atoms with Crippen LogP contribution in [0.2, 0.25) is 0 Å². The molecule has 1 atom stereocenters. The van der Waals surface area contributed by atoms with Gasteiger partial charge in [0, 0.05) is 11.9 Å². The molecule has 0 spiro atoms. The first kappa shape index (κ1) is 10.4. The lowest BCUT2D eigenvalue weighted by molar-refractivity contribution is -0.127. The van der Waals surface area contributed by atoms with E-state index in [4.69, 9.17) is 0 Å². The molecule has 0 radical (unpaired) electrons. The van der Waals surface area contributed by atoms with Gasteiger partial charge in [0.15, 0.2) is 0 Å². The first-order valence-electron chi connectivity index (χ1n) is 4.22.